The molecule has 0 aliphatic carbocycles. The number of aryl methyl sites for hydroxylation is 1. The molecule has 0 fully saturated rings. The van der Waals surface area contributed by atoms with E-state index >= 15 is 0 Å². The molecule has 5 nitrogen and oxygen atoms in total. The van der Waals surface area contributed by atoms with Crippen LogP contribution in [0.1, 0.15) is 16.8 Å². The maximum Gasteiger partial charge on any atom is 0.255 e. The molecule has 0 unspecified atom stereocenters. The molecule has 1 amide bonds. The first kappa shape index (κ1) is 19.6. The fraction of sp³-hybridized carbons (Fsp3) is 0.150. The second kappa shape index (κ2) is 9.18. The fourth-order valence-electron chi connectivity index (χ4n) is 2.53. The summed E-state index contributed by atoms with van der Waals surface area (Å²) in [5.41, 5.74) is 2.98. The van der Waals surface area contributed by atoms with E-state index in [1.165, 1.54) is 11.8 Å². The number of carbonyl (C=O) groups excluding carboxylic acids is 1. The van der Waals surface area contributed by atoms with E-state index in [-0.39, 0.29) is 17.2 Å². The van der Waals surface area contributed by atoms with E-state index in [9.17, 15) is 9.59 Å². The molecule has 7 heteroatoms. The molecular weight excluding hydrogens is 473 g/mol. The van der Waals surface area contributed by atoms with Crippen LogP contribution in [0.3, 0.4) is 0 Å². The molecule has 0 atom stereocenters. The number of hydrogen-bond acceptors (Lipinski definition) is 4. The third-order valence-electron chi connectivity index (χ3n) is 3.89. The van der Waals surface area contributed by atoms with Gasteiger partial charge in [0.15, 0.2) is 5.16 Å². The van der Waals surface area contributed by atoms with E-state index in [0.29, 0.717) is 22.8 Å². The van der Waals surface area contributed by atoms with E-state index in [0.717, 1.165) is 14.8 Å². The lowest BCUT2D eigenvalue weighted by Gasteiger charge is -2.08. The Labute approximate surface area is 175 Å². The van der Waals surface area contributed by atoms with Crippen LogP contribution < -0.4 is 10.9 Å². The number of rotatable bonds is 6. The summed E-state index contributed by atoms with van der Waals surface area (Å²) in [6.07, 6.45) is 0.535. The summed E-state index contributed by atoms with van der Waals surface area (Å²) in [7, 11) is 0. The number of thioether (sulfide) groups is 1. The van der Waals surface area contributed by atoms with Crippen LogP contribution in [0, 0.1) is 10.5 Å². The van der Waals surface area contributed by atoms with Crippen LogP contribution in [0.2, 0.25) is 0 Å². The number of nitrogens with zero attached hydrogens (tertiary/aromatic N) is 1. The van der Waals surface area contributed by atoms with Crippen molar-refractivity contribution in [2.75, 3.05) is 11.1 Å². The minimum absolute atomic E-state index is 0.144. The van der Waals surface area contributed by atoms with Crippen LogP contribution >= 0.6 is 34.4 Å². The smallest absolute Gasteiger partial charge is 0.255 e. The number of H-pyrrole nitrogens is 1. The van der Waals surface area contributed by atoms with Crippen molar-refractivity contribution in [1.82, 2.24) is 9.97 Å². The molecule has 1 heterocycles. The molecule has 3 aromatic rings. The van der Waals surface area contributed by atoms with Crippen molar-refractivity contribution < 1.29 is 4.79 Å². The highest BCUT2D eigenvalue weighted by Gasteiger charge is 2.11. The average Bonchev–Trinajstić information content (AvgIpc) is 2.66. The Bertz CT molecular complexity index is 988. The van der Waals surface area contributed by atoms with Crippen LogP contribution in [-0.2, 0) is 11.2 Å². The summed E-state index contributed by atoms with van der Waals surface area (Å²) in [4.78, 5) is 31.7. The number of halogens is 1. The predicted octanol–water partition coefficient (Wildman–Crippen LogP) is 4.00. The second-order valence-corrected chi connectivity index (χ2v) is 8.15. The number of aromatic amines is 1. The van der Waals surface area contributed by atoms with E-state index in [4.69, 9.17) is 0 Å². The van der Waals surface area contributed by atoms with Gasteiger partial charge in [-0.3, -0.25) is 9.59 Å². The number of amides is 1. The zero-order valence-corrected chi connectivity index (χ0v) is 17.6. The van der Waals surface area contributed by atoms with Crippen LogP contribution in [0.25, 0.3) is 0 Å². The van der Waals surface area contributed by atoms with Gasteiger partial charge in [-0.1, -0.05) is 42.1 Å². The number of anilines is 1. The molecule has 0 saturated heterocycles. The first-order valence-electron chi connectivity index (χ1n) is 8.33. The lowest BCUT2D eigenvalue weighted by atomic mass is 10.1. The van der Waals surface area contributed by atoms with E-state index < -0.39 is 0 Å². The van der Waals surface area contributed by atoms with Crippen molar-refractivity contribution in [3.8, 4) is 0 Å². The van der Waals surface area contributed by atoms with Gasteiger partial charge in [-0.25, -0.2) is 4.98 Å². The molecule has 0 spiro atoms. The topological polar surface area (TPSA) is 74.8 Å². The van der Waals surface area contributed by atoms with E-state index in [1.54, 1.807) is 0 Å². The summed E-state index contributed by atoms with van der Waals surface area (Å²) in [5, 5.41) is 3.28. The highest BCUT2D eigenvalue weighted by atomic mass is 127. The fourth-order valence-corrected chi connectivity index (χ4v) is 3.59. The number of carbonyl (C=O) groups is 1. The molecule has 3 rings (SSSR count). The Hall–Kier alpha value is -2.13. The van der Waals surface area contributed by atoms with Crippen molar-refractivity contribution in [2.45, 2.75) is 18.5 Å². The highest BCUT2D eigenvalue weighted by Crippen LogP contribution is 2.16. The quantitative estimate of drug-likeness (QED) is 0.311. The average molecular weight is 491 g/mol. The standard InChI is InChI=1S/C20H18IN3O2S/c1-13-17(11-14-5-3-2-4-6-14)19(26)24-20(22-13)27-12-18(25)23-16-9-7-15(21)8-10-16/h2-10H,11-12H2,1H3,(H,23,25)(H,22,24,26). The molecule has 0 aliphatic rings. The molecule has 2 aromatic carbocycles. The first-order valence-corrected chi connectivity index (χ1v) is 10.4. The molecule has 0 radical (unpaired) electrons. The van der Waals surface area contributed by atoms with Gasteiger partial charge in [-0.05, 0) is 59.3 Å². The second-order valence-electron chi connectivity index (χ2n) is 5.94. The summed E-state index contributed by atoms with van der Waals surface area (Å²) in [5.74, 6) is 0.0294. The Morgan fingerprint density at radius 1 is 1.15 bits per heavy atom. The molecule has 0 saturated carbocycles. The van der Waals surface area contributed by atoms with Crippen molar-refractivity contribution in [3.63, 3.8) is 0 Å². The minimum atomic E-state index is -0.160. The molecule has 1 aromatic heterocycles. The van der Waals surface area contributed by atoms with Gasteiger partial charge < -0.3 is 10.3 Å². The number of aromatic nitrogens is 2. The normalized spacial score (nSPS) is 10.6. The van der Waals surface area contributed by atoms with Crippen LogP contribution in [0.15, 0.2) is 64.5 Å². The van der Waals surface area contributed by atoms with Crippen molar-refractivity contribution in [3.05, 3.63) is 85.3 Å². The van der Waals surface area contributed by atoms with Crippen LogP contribution in [0.5, 0.6) is 0 Å². The van der Waals surface area contributed by atoms with Gasteiger partial charge in [0, 0.05) is 26.9 Å². The summed E-state index contributed by atoms with van der Waals surface area (Å²) in [6.45, 7) is 1.82. The molecule has 2 N–H and O–H groups in total. The van der Waals surface area contributed by atoms with Gasteiger partial charge in [0.2, 0.25) is 5.91 Å². The summed E-state index contributed by atoms with van der Waals surface area (Å²) >= 11 is 3.43. The zero-order valence-electron chi connectivity index (χ0n) is 14.7. The predicted molar refractivity (Wildman–Crippen MR) is 117 cm³/mol. The Balaban J connectivity index is 1.63. The van der Waals surface area contributed by atoms with Crippen molar-refractivity contribution in [1.29, 1.82) is 0 Å². The monoisotopic (exact) mass is 491 g/mol. The SMILES string of the molecule is Cc1nc(SCC(=O)Nc2ccc(I)cc2)[nH]c(=O)c1Cc1ccccc1. The van der Waals surface area contributed by atoms with Crippen molar-refractivity contribution >= 4 is 45.9 Å². The zero-order chi connectivity index (χ0) is 19.2. The Kier molecular flexibility index (Phi) is 6.68. The third kappa shape index (κ3) is 5.67. The Morgan fingerprint density at radius 2 is 1.85 bits per heavy atom. The first-order chi connectivity index (χ1) is 13.0. The summed E-state index contributed by atoms with van der Waals surface area (Å²) in [6, 6.07) is 17.4. The molecule has 0 bridgehead atoms. The number of benzene rings is 2. The van der Waals surface area contributed by atoms with Crippen molar-refractivity contribution in [2.24, 2.45) is 0 Å². The molecule has 27 heavy (non-hydrogen) atoms. The molecule has 138 valence electrons. The van der Waals surface area contributed by atoms with Crippen LogP contribution in [0.4, 0.5) is 5.69 Å². The maximum absolute atomic E-state index is 12.4. The molecule has 0 aliphatic heterocycles. The molecular formula is C20H18IN3O2S. The van der Waals surface area contributed by atoms with E-state index in [1.807, 2.05) is 61.5 Å². The Morgan fingerprint density at radius 3 is 2.52 bits per heavy atom. The summed E-state index contributed by atoms with van der Waals surface area (Å²) < 4.78 is 1.10. The maximum atomic E-state index is 12.4. The van der Waals surface area contributed by atoms with Gasteiger partial charge in [-0.15, -0.1) is 0 Å². The minimum Gasteiger partial charge on any atom is -0.325 e. The highest BCUT2D eigenvalue weighted by molar-refractivity contribution is 14.1. The lowest BCUT2D eigenvalue weighted by molar-refractivity contribution is -0.113. The van der Waals surface area contributed by atoms with Gasteiger partial charge in [0.1, 0.15) is 0 Å². The van der Waals surface area contributed by atoms with Gasteiger partial charge >= 0.3 is 0 Å². The van der Waals surface area contributed by atoms with Crippen LogP contribution in [-0.4, -0.2) is 21.6 Å². The van der Waals surface area contributed by atoms with Gasteiger partial charge in [0.25, 0.3) is 5.56 Å². The van der Waals surface area contributed by atoms with Gasteiger partial charge in [-0.2, -0.15) is 0 Å². The number of hydrogen-bond donors (Lipinski definition) is 2. The third-order valence-corrected chi connectivity index (χ3v) is 5.48. The largest absolute Gasteiger partial charge is 0.325 e. The van der Waals surface area contributed by atoms with E-state index in [2.05, 4.69) is 37.9 Å². The lowest BCUT2D eigenvalue weighted by Crippen LogP contribution is -2.19. The number of nitrogens with one attached hydrogen (secondary N) is 2. The van der Waals surface area contributed by atoms with Gasteiger partial charge in [0.05, 0.1) is 5.75 Å².